The van der Waals surface area contributed by atoms with E-state index in [9.17, 15) is 9.59 Å². The Morgan fingerprint density at radius 3 is 2.22 bits per heavy atom. The van der Waals surface area contributed by atoms with Gasteiger partial charge in [0.2, 0.25) is 0 Å². The zero-order valence-electron chi connectivity index (χ0n) is 11.9. The lowest BCUT2D eigenvalue weighted by Gasteiger charge is -2.36. The van der Waals surface area contributed by atoms with Crippen LogP contribution in [0.4, 0.5) is 0 Å². The standard InChI is InChI=1S/C12H22O5Si/c1-12(2,3)18(5,6)17-10(11(14)15-4)7-8-16-9-13/h7,9H,8H2,1-6H3/b10-7+. The van der Waals surface area contributed by atoms with Crippen LogP contribution in [-0.4, -0.2) is 34.5 Å². The number of hydrogen-bond acceptors (Lipinski definition) is 5. The van der Waals surface area contributed by atoms with E-state index >= 15 is 0 Å². The summed E-state index contributed by atoms with van der Waals surface area (Å²) in [6.07, 6.45) is 1.42. The summed E-state index contributed by atoms with van der Waals surface area (Å²) < 4.78 is 15.0. The van der Waals surface area contributed by atoms with Gasteiger partial charge in [-0.05, 0) is 18.1 Å². The number of rotatable bonds is 6. The number of hydrogen-bond donors (Lipinski definition) is 0. The van der Waals surface area contributed by atoms with Crippen molar-refractivity contribution >= 4 is 20.8 Å². The van der Waals surface area contributed by atoms with Crippen molar-refractivity contribution in [3.05, 3.63) is 11.8 Å². The smallest absolute Gasteiger partial charge is 0.371 e. The summed E-state index contributed by atoms with van der Waals surface area (Å²) in [5.41, 5.74) is 0. The molecule has 0 saturated carbocycles. The van der Waals surface area contributed by atoms with Gasteiger partial charge in [-0.15, -0.1) is 0 Å². The molecule has 0 spiro atoms. The molecular weight excluding hydrogens is 252 g/mol. The second-order valence-electron chi connectivity index (χ2n) is 5.35. The Morgan fingerprint density at radius 1 is 1.28 bits per heavy atom. The quantitative estimate of drug-likeness (QED) is 0.186. The molecule has 0 heterocycles. The van der Waals surface area contributed by atoms with E-state index in [4.69, 9.17) is 4.43 Å². The summed E-state index contributed by atoms with van der Waals surface area (Å²) in [5, 5.41) is -0.0361. The summed E-state index contributed by atoms with van der Waals surface area (Å²) in [5.74, 6) is -0.458. The molecule has 0 N–H and O–H groups in total. The van der Waals surface area contributed by atoms with E-state index in [2.05, 4.69) is 30.2 Å². The van der Waals surface area contributed by atoms with Gasteiger partial charge in [-0.25, -0.2) is 4.79 Å². The van der Waals surface area contributed by atoms with Gasteiger partial charge in [0.15, 0.2) is 5.76 Å². The first-order chi connectivity index (χ1) is 8.15. The molecule has 0 aromatic carbocycles. The summed E-state index contributed by atoms with van der Waals surface area (Å²) in [6.45, 7) is 10.5. The monoisotopic (exact) mass is 274 g/mol. The van der Waals surface area contributed by atoms with Crippen LogP contribution >= 0.6 is 0 Å². The lowest BCUT2D eigenvalue weighted by molar-refractivity contribution is -0.139. The third-order valence-corrected chi connectivity index (χ3v) is 7.33. The van der Waals surface area contributed by atoms with Crippen LogP contribution in [0.3, 0.4) is 0 Å². The van der Waals surface area contributed by atoms with E-state index < -0.39 is 14.3 Å². The van der Waals surface area contributed by atoms with Gasteiger partial charge in [-0.3, -0.25) is 4.79 Å². The van der Waals surface area contributed by atoms with Crippen molar-refractivity contribution in [2.45, 2.75) is 38.9 Å². The largest absolute Gasteiger partial charge is 0.539 e. The van der Waals surface area contributed by atoms with E-state index in [-0.39, 0.29) is 17.4 Å². The molecule has 104 valence electrons. The molecule has 0 amide bonds. The zero-order valence-corrected chi connectivity index (χ0v) is 12.9. The van der Waals surface area contributed by atoms with E-state index in [1.165, 1.54) is 13.2 Å². The molecule has 0 bridgehead atoms. The lowest BCUT2D eigenvalue weighted by Crippen LogP contribution is -2.41. The maximum Gasteiger partial charge on any atom is 0.371 e. The molecular formula is C12H22O5Si. The molecule has 0 aromatic heterocycles. The van der Waals surface area contributed by atoms with Gasteiger partial charge in [-0.1, -0.05) is 20.8 Å². The van der Waals surface area contributed by atoms with Crippen LogP contribution in [0.5, 0.6) is 0 Å². The van der Waals surface area contributed by atoms with E-state index in [1.54, 1.807) is 0 Å². The average molecular weight is 274 g/mol. The van der Waals surface area contributed by atoms with Crippen molar-refractivity contribution < 1.29 is 23.5 Å². The van der Waals surface area contributed by atoms with Gasteiger partial charge in [0.05, 0.1) is 7.11 Å². The van der Waals surface area contributed by atoms with Gasteiger partial charge in [-0.2, -0.15) is 0 Å². The molecule has 0 aliphatic heterocycles. The molecule has 0 aromatic rings. The van der Waals surface area contributed by atoms with Gasteiger partial charge in [0, 0.05) is 6.08 Å². The van der Waals surface area contributed by atoms with Gasteiger partial charge < -0.3 is 13.9 Å². The van der Waals surface area contributed by atoms with Gasteiger partial charge in [0.1, 0.15) is 6.61 Å². The van der Waals surface area contributed by atoms with Crippen molar-refractivity contribution in [1.29, 1.82) is 0 Å². The van der Waals surface area contributed by atoms with E-state index in [0.29, 0.717) is 6.47 Å². The molecule has 0 aliphatic rings. The van der Waals surface area contributed by atoms with Crippen molar-refractivity contribution in [3.8, 4) is 0 Å². The predicted octanol–water partition coefficient (Wildman–Crippen LogP) is 2.24. The first-order valence-corrected chi connectivity index (χ1v) is 8.59. The van der Waals surface area contributed by atoms with Crippen LogP contribution in [0.1, 0.15) is 20.8 Å². The highest BCUT2D eigenvalue weighted by atomic mass is 28.4. The maximum absolute atomic E-state index is 11.6. The molecule has 0 aliphatic carbocycles. The highest BCUT2D eigenvalue weighted by Crippen LogP contribution is 2.37. The SMILES string of the molecule is COC(=O)/C(=C\COC=O)O[Si](C)(C)C(C)(C)C. The molecule has 0 unspecified atom stereocenters. The molecule has 18 heavy (non-hydrogen) atoms. The number of carbonyl (C=O) groups excluding carboxylic acids is 2. The molecule has 0 atom stereocenters. The van der Waals surface area contributed by atoms with Crippen LogP contribution in [0.2, 0.25) is 18.1 Å². The second-order valence-corrected chi connectivity index (χ2v) is 10.1. The predicted molar refractivity (Wildman–Crippen MR) is 70.4 cm³/mol. The highest BCUT2D eigenvalue weighted by molar-refractivity contribution is 6.74. The van der Waals surface area contributed by atoms with Crippen LogP contribution in [0.15, 0.2) is 11.8 Å². The fourth-order valence-corrected chi connectivity index (χ4v) is 1.88. The minimum Gasteiger partial charge on any atom is -0.539 e. The summed E-state index contributed by atoms with van der Waals surface area (Å²) in [4.78, 5) is 21.6. The van der Waals surface area contributed by atoms with Crippen LogP contribution in [0.25, 0.3) is 0 Å². The molecule has 6 heteroatoms. The minimum absolute atomic E-state index is 0.0114. The topological polar surface area (TPSA) is 61.8 Å². The molecule has 0 rings (SSSR count). The van der Waals surface area contributed by atoms with E-state index in [1.807, 2.05) is 13.1 Å². The molecule has 5 nitrogen and oxygen atoms in total. The number of esters is 1. The third-order valence-electron chi connectivity index (χ3n) is 2.99. The Labute approximate surface area is 109 Å². The Bertz CT molecular complexity index is 328. The first kappa shape index (κ1) is 16.7. The van der Waals surface area contributed by atoms with Crippen molar-refractivity contribution in [1.82, 2.24) is 0 Å². The highest BCUT2D eigenvalue weighted by Gasteiger charge is 2.40. The second kappa shape index (κ2) is 6.58. The van der Waals surface area contributed by atoms with Crippen molar-refractivity contribution in [3.63, 3.8) is 0 Å². The van der Waals surface area contributed by atoms with Gasteiger partial charge in [0.25, 0.3) is 14.8 Å². The fraction of sp³-hybridized carbons (Fsp3) is 0.667. The number of ether oxygens (including phenoxy) is 2. The number of carbonyl (C=O) groups is 2. The van der Waals surface area contributed by atoms with Crippen LogP contribution < -0.4 is 0 Å². The Balaban J connectivity index is 4.96. The maximum atomic E-state index is 11.6. The fourth-order valence-electron chi connectivity index (χ4n) is 0.858. The Morgan fingerprint density at radius 2 is 1.83 bits per heavy atom. The lowest BCUT2D eigenvalue weighted by atomic mass is 10.2. The van der Waals surface area contributed by atoms with Gasteiger partial charge >= 0.3 is 5.97 Å². The number of methoxy groups -OCH3 is 1. The summed E-state index contributed by atoms with van der Waals surface area (Å²) >= 11 is 0. The molecule has 0 saturated heterocycles. The minimum atomic E-state index is -2.12. The summed E-state index contributed by atoms with van der Waals surface area (Å²) in [7, 11) is -0.837. The Kier molecular flexibility index (Phi) is 6.11. The summed E-state index contributed by atoms with van der Waals surface area (Å²) in [6, 6.07) is 0. The zero-order chi connectivity index (χ0) is 14.4. The van der Waals surface area contributed by atoms with Crippen LogP contribution in [0, 0.1) is 0 Å². The van der Waals surface area contributed by atoms with E-state index in [0.717, 1.165) is 0 Å². The van der Waals surface area contributed by atoms with Crippen molar-refractivity contribution in [2.75, 3.05) is 13.7 Å². The normalized spacial score (nSPS) is 12.9. The Hall–Kier alpha value is -1.30. The first-order valence-electron chi connectivity index (χ1n) is 5.68. The molecule has 0 radical (unpaired) electrons. The third kappa shape index (κ3) is 4.91. The van der Waals surface area contributed by atoms with Crippen molar-refractivity contribution in [2.24, 2.45) is 0 Å². The van der Waals surface area contributed by atoms with Crippen LogP contribution in [-0.2, 0) is 23.5 Å². The molecule has 0 fully saturated rings. The average Bonchev–Trinajstić information content (AvgIpc) is 2.25.